The lowest BCUT2D eigenvalue weighted by molar-refractivity contribution is -0.148. The van der Waals surface area contributed by atoms with Gasteiger partial charge in [0.15, 0.2) is 0 Å². The fourth-order valence-corrected chi connectivity index (χ4v) is 4.98. The molecule has 1 aromatic heterocycles. The fraction of sp³-hybridized carbons (Fsp3) is 0.636. The summed E-state index contributed by atoms with van der Waals surface area (Å²) >= 11 is 1.67. The first-order valence-electron chi connectivity index (χ1n) is 10.6. The third kappa shape index (κ3) is 5.13. The number of carbonyl (C=O) groups is 3. The lowest BCUT2D eigenvalue weighted by atomic mass is 9.85. The first-order valence-corrected chi connectivity index (χ1v) is 11.5. The zero-order chi connectivity index (χ0) is 21.0. The summed E-state index contributed by atoms with van der Waals surface area (Å²) in [6, 6.07) is -0.706. The molecule has 1 N–H and O–H groups in total. The maximum Gasteiger partial charge on any atom is 0.243 e. The van der Waals surface area contributed by atoms with E-state index in [1.807, 2.05) is 38.3 Å². The van der Waals surface area contributed by atoms with Gasteiger partial charge in [-0.05, 0) is 51.4 Å². The van der Waals surface area contributed by atoms with E-state index < -0.39 is 6.04 Å². The van der Waals surface area contributed by atoms with Crippen LogP contribution in [0.5, 0.6) is 0 Å². The summed E-state index contributed by atoms with van der Waals surface area (Å²) in [6.45, 7) is 6.55. The highest BCUT2D eigenvalue weighted by Gasteiger charge is 2.51. The molecule has 3 rings (SSSR count). The molecule has 1 aliphatic carbocycles. The molecule has 2 aliphatic rings. The molecule has 0 bridgehead atoms. The number of thiazole rings is 1. The van der Waals surface area contributed by atoms with Crippen molar-refractivity contribution in [1.82, 2.24) is 15.2 Å². The molecule has 158 valence electrons. The van der Waals surface area contributed by atoms with Crippen molar-refractivity contribution in [3.05, 3.63) is 28.2 Å². The molecule has 3 unspecified atom stereocenters. The number of imide groups is 1. The number of hydrogen-bond acceptors (Lipinski definition) is 5. The van der Waals surface area contributed by atoms with Crippen molar-refractivity contribution in [1.29, 1.82) is 0 Å². The molecule has 29 heavy (non-hydrogen) atoms. The topological polar surface area (TPSA) is 79.4 Å². The van der Waals surface area contributed by atoms with Gasteiger partial charge in [-0.2, -0.15) is 0 Å². The average Bonchev–Trinajstić information content (AvgIpc) is 3.21. The summed E-state index contributed by atoms with van der Waals surface area (Å²) in [5, 5.41) is 6.13. The molecule has 1 saturated heterocycles. The summed E-state index contributed by atoms with van der Waals surface area (Å²) in [5.74, 6) is -0.945. The third-order valence-electron chi connectivity index (χ3n) is 5.63. The highest BCUT2D eigenvalue weighted by Crippen LogP contribution is 2.37. The first kappa shape index (κ1) is 21.7. The van der Waals surface area contributed by atoms with E-state index in [9.17, 15) is 14.4 Å². The minimum Gasteiger partial charge on any atom is -0.354 e. The Morgan fingerprint density at radius 2 is 1.86 bits per heavy atom. The van der Waals surface area contributed by atoms with E-state index in [1.54, 1.807) is 11.3 Å². The number of rotatable bonds is 9. The summed E-state index contributed by atoms with van der Waals surface area (Å²) in [6.07, 6.45) is 8.32. The van der Waals surface area contributed by atoms with Crippen LogP contribution in [0.25, 0.3) is 0 Å². The normalized spacial score (nSPS) is 22.3. The average molecular weight is 418 g/mol. The van der Waals surface area contributed by atoms with E-state index in [1.165, 1.54) is 4.90 Å². The Kier molecular flexibility index (Phi) is 7.22. The quantitative estimate of drug-likeness (QED) is 0.380. The van der Waals surface area contributed by atoms with Gasteiger partial charge in [0, 0.05) is 17.6 Å². The van der Waals surface area contributed by atoms with Gasteiger partial charge in [-0.1, -0.05) is 26.0 Å². The molecule has 1 aromatic rings. The highest BCUT2D eigenvalue weighted by atomic mass is 32.1. The predicted molar refractivity (Wildman–Crippen MR) is 113 cm³/mol. The van der Waals surface area contributed by atoms with Crippen molar-refractivity contribution in [2.45, 2.75) is 65.3 Å². The Morgan fingerprint density at radius 1 is 1.21 bits per heavy atom. The first-order chi connectivity index (χ1) is 13.9. The van der Waals surface area contributed by atoms with Gasteiger partial charge in [-0.25, -0.2) is 4.98 Å². The van der Waals surface area contributed by atoms with E-state index in [4.69, 9.17) is 0 Å². The summed E-state index contributed by atoms with van der Waals surface area (Å²) in [5.41, 5.74) is 1.05. The molecule has 3 amide bonds. The van der Waals surface area contributed by atoms with Gasteiger partial charge in [-0.15, -0.1) is 11.3 Å². The van der Waals surface area contributed by atoms with Crippen LogP contribution in [0.2, 0.25) is 0 Å². The highest BCUT2D eigenvalue weighted by molar-refractivity contribution is 7.09. The number of aryl methyl sites for hydroxylation is 2. The molecule has 0 spiro atoms. The number of nitrogens with zero attached hydrogens (tertiary/aromatic N) is 2. The Bertz CT molecular complexity index is 760. The number of unbranched alkanes of at least 4 members (excludes halogenated alkanes) is 1. The van der Waals surface area contributed by atoms with E-state index in [0.29, 0.717) is 25.8 Å². The van der Waals surface area contributed by atoms with Crippen LogP contribution < -0.4 is 5.32 Å². The molecule has 7 heteroatoms. The van der Waals surface area contributed by atoms with Crippen molar-refractivity contribution in [2.75, 3.05) is 6.54 Å². The van der Waals surface area contributed by atoms with Crippen LogP contribution in [0.15, 0.2) is 17.5 Å². The van der Waals surface area contributed by atoms with Gasteiger partial charge >= 0.3 is 0 Å². The van der Waals surface area contributed by atoms with Crippen molar-refractivity contribution in [3.8, 4) is 0 Å². The lowest BCUT2D eigenvalue weighted by Crippen LogP contribution is -2.50. The SMILES string of the molecule is Cc1csc(CCCCNC(=O)C(CC(C)C)N2C(=O)C3CC=CCC3C2=O)n1. The fourth-order valence-electron chi connectivity index (χ4n) is 4.16. The van der Waals surface area contributed by atoms with Crippen molar-refractivity contribution >= 4 is 29.1 Å². The van der Waals surface area contributed by atoms with Gasteiger partial charge in [0.1, 0.15) is 6.04 Å². The monoisotopic (exact) mass is 417 g/mol. The van der Waals surface area contributed by atoms with Crippen LogP contribution in [0.3, 0.4) is 0 Å². The van der Waals surface area contributed by atoms with Gasteiger partial charge in [0.2, 0.25) is 17.7 Å². The van der Waals surface area contributed by atoms with Crippen LogP contribution >= 0.6 is 11.3 Å². The zero-order valence-corrected chi connectivity index (χ0v) is 18.3. The van der Waals surface area contributed by atoms with Crippen molar-refractivity contribution in [2.24, 2.45) is 17.8 Å². The van der Waals surface area contributed by atoms with Crippen LogP contribution in [0.1, 0.15) is 56.7 Å². The van der Waals surface area contributed by atoms with Gasteiger partial charge in [-0.3, -0.25) is 19.3 Å². The second-order valence-corrected chi connectivity index (χ2v) is 9.42. The maximum atomic E-state index is 12.9. The minimum absolute atomic E-state index is 0.177. The standard InChI is InChI=1S/C22H31N3O3S/c1-14(2)12-18(25-21(27)16-8-4-5-9-17(16)22(25)28)20(26)23-11-7-6-10-19-24-15(3)13-29-19/h4-5,13-14,16-18H,6-12H2,1-3H3,(H,23,26). The number of allylic oxidation sites excluding steroid dienone is 2. The van der Waals surface area contributed by atoms with Gasteiger partial charge < -0.3 is 5.32 Å². The van der Waals surface area contributed by atoms with Crippen LogP contribution in [-0.2, 0) is 20.8 Å². The molecule has 0 aromatic carbocycles. The molecule has 1 aliphatic heterocycles. The molecule has 3 atom stereocenters. The minimum atomic E-state index is -0.706. The molecule has 2 heterocycles. The third-order valence-corrected chi connectivity index (χ3v) is 6.66. The van der Waals surface area contributed by atoms with Gasteiger partial charge in [0.25, 0.3) is 0 Å². The lowest BCUT2D eigenvalue weighted by Gasteiger charge is -2.27. The Balaban J connectivity index is 1.55. The molecular formula is C22H31N3O3S. The Morgan fingerprint density at radius 3 is 2.41 bits per heavy atom. The molecular weight excluding hydrogens is 386 g/mol. The number of aromatic nitrogens is 1. The second kappa shape index (κ2) is 9.65. The number of carbonyl (C=O) groups excluding carboxylic acids is 3. The molecule has 6 nitrogen and oxygen atoms in total. The number of nitrogens with one attached hydrogen (secondary N) is 1. The number of amides is 3. The Hall–Kier alpha value is -2.02. The smallest absolute Gasteiger partial charge is 0.243 e. The second-order valence-electron chi connectivity index (χ2n) is 8.48. The van der Waals surface area contributed by atoms with E-state index in [-0.39, 0.29) is 35.5 Å². The summed E-state index contributed by atoms with van der Waals surface area (Å²) in [4.78, 5) is 44.4. The largest absolute Gasteiger partial charge is 0.354 e. The number of fused-ring (bicyclic) bond motifs is 1. The van der Waals surface area contributed by atoms with Crippen molar-refractivity contribution < 1.29 is 14.4 Å². The maximum absolute atomic E-state index is 12.9. The zero-order valence-electron chi connectivity index (χ0n) is 17.5. The van der Waals surface area contributed by atoms with E-state index >= 15 is 0 Å². The van der Waals surface area contributed by atoms with Crippen LogP contribution in [-0.4, -0.2) is 40.2 Å². The number of likely N-dealkylation sites (tertiary alicyclic amines) is 1. The van der Waals surface area contributed by atoms with Crippen LogP contribution in [0, 0.1) is 24.7 Å². The predicted octanol–water partition coefficient (Wildman–Crippen LogP) is 3.26. The molecule has 1 fully saturated rings. The van der Waals surface area contributed by atoms with Gasteiger partial charge in [0.05, 0.1) is 16.8 Å². The summed E-state index contributed by atoms with van der Waals surface area (Å²) in [7, 11) is 0. The van der Waals surface area contributed by atoms with Crippen molar-refractivity contribution in [3.63, 3.8) is 0 Å². The van der Waals surface area contributed by atoms with Crippen LogP contribution in [0.4, 0.5) is 0 Å². The Labute approximate surface area is 176 Å². The molecule has 0 saturated carbocycles. The molecule has 0 radical (unpaired) electrons. The summed E-state index contributed by atoms with van der Waals surface area (Å²) < 4.78 is 0. The van der Waals surface area contributed by atoms with E-state index in [2.05, 4.69) is 10.3 Å². The van der Waals surface area contributed by atoms with E-state index in [0.717, 1.165) is 30.0 Å². The number of hydrogen-bond donors (Lipinski definition) is 1.